The summed E-state index contributed by atoms with van der Waals surface area (Å²) in [4.78, 5) is 12.6. The molecule has 3 heteroatoms. The molecule has 0 spiro atoms. The highest BCUT2D eigenvalue weighted by atomic mass is 127. The summed E-state index contributed by atoms with van der Waals surface area (Å²) in [5, 5.41) is 0. The number of carbonyl (C=O) groups is 1. The summed E-state index contributed by atoms with van der Waals surface area (Å²) in [5.41, 5.74) is 0.760. The van der Waals surface area contributed by atoms with Crippen molar-refractivity contribution >= 4 is 28.4 Å². The van der Waals surface area contributed by atoms with Crippen molar-refractivity contribution in [3.05, 3.63) is 27.3 Å². The summed E-state index contributed by atoms with van der Waals surface area (Å²) in [6.45, 7) is 0. The van der Waals surface area contributed by atoms with Crippen molar-refractivity contribution in [1.29, 1.82) is 0 Å². The zero-order chi connectivity index (χ0) is 13.0. The van der Waals surface area contributed by atoms with Crippen LogP contribution < -0.4 is 4.74 Å². The van der Waals surface area contributed by atoms with E-state index in [0.29, 0.717) is 5.75 Å². The quantitative estimate of drug-likeness (QED) is 0.453. The molecule has 1 aromatic carbocycles. The van der Waals surface area contributed by atoms with E-state index in [0.717, 1.165) is 22.0 Å². The molecule has 0 atom stereocenters. The second kappa shape index (κ2) is 6.55. The number of Topliss-reactive ketones (excluding diaryl/α,β-unsaturated/α-hetero) is 1. The Morgan fingerprint density at radius 3 is 2.50 bits per heavy atom. The molecule has 0 radical (unpaired) electrons. The number of methoxy groups -OCH3 is 1. The molecule has 98 valence electrons. The standard InChI is InChI=1S/C15H19IO2/c1-18-14-9-8-12(16)10-13(14)15(17)11-6-4-2-3-5-7-11/h8-11H,2-7H2,1H3. The van der Waals surface area contributed by atoms with Crippen LogP contribution in [0.25, 0.3) is 0 Å². The second-order valence-electron chi connectivity index (χ2n) is 4.90. The average molecular weight is 358 g/mol. The van der Waals surface area contributed by atoms with Gasteiger partial charge in [-0.2, -0.15) is 0 Å². The molecule has 0 unspecified atom stereocenters. The van der Waals surface area contributed by atoms with E-state index in [1.807, 2.05) is 18.2 Å². The first kappa shape index (κ1) is 13.8. The fourth-order valence-corrected chi connectivity index (χ4v) is 3.13. The van der Waals surface area contributed by atoms with Gasteiger partial charge in [-0.25, -0.2) is 0 Å². The molecule has 1 aliphatic carbocycles. The van der Waals surface area contributed by atoms with Crippen molar-refractivity contribution < 1.29 is 9.53 Å². The SMILES string of the molecule is COc1ccc(I)cc1C(=O)C1CCCCCC1. The highest BCUT2D eigenvalue weighted by Crippen LogP contribution is 2.30. The largest absolute Gasteiger partial charge is 0.496 e. The van der Waals surface area contributed by atoms with Crippen LogP contribution in [0.15, 0.2) is 18.2 Å². The van der Waals surface area contributed by atoms with Crippen molar-refractivity contribution in [2.75, 3.05) is 7.11 Å². The summed E-state index contributed by atoms with van der Waals surface area (Å²) in [5.74, 6) is 1.18. The highest BCUT2D eigenvalue weighted by molar-refractivity contribution is 14.1. The molecule has 0 aliphatic heterocycles. The number of hydrogen-bond donors (Lipinski definition) is 0. The van der Waals surface area contributed by atoms with E-state index in [4.69, 9.17) is 4.74 Å². The summed E-state index contributed by atoms with van der Waals surface area (Å²) >= 11 is 2.24. The normalized spacial score (nSPS) is 17.2. The van der Waals surface area contributed by atoms with Crippen LogP contribution in [0.1, 0.15) is 48.9 Å². The predicted molar refractivity (Wildman–Crippen MR) is 81.2 cm³/mol. The van der Waals surface area contributed by atoms with Crippen LogP contribution in [0.4, 0.5) is 0 Å². The van der Waals surface area contributed by atoms with Gasteiger partial charge in [0.15, 0.2) is 5.78 Å². The van der Waals surface area contributed by atoms with Crippen LogP contribution in [0.5, 0.6) is 5.75 Å². The van der Waals surface area contributed by atoms with Gasteiger partial charge in [0.25, 0.3) is 0 Å². The van der Waals surface area contributed by atoms with E-state index < -0.39 is 0 Å². The van der Waals surface area contributed by atoms with E-state index >= 15 is 0 Å². The van der Waals surface area contributed by atoms with Crippen molar-refractivity contribution in [2.45, 2.75) is 38.5 Å². The van der Waals surface area contributed by atoms with Crippen molar-refractivity contribution in [3.8, 4) is 5.75 Å². The van der Waals surface area contributed by atoms with Gasteiger partial charge in [-0.15, -0.1) is 0 Å². The Kier molecular flexibility index (Phi) is 5.03. The minimum atomic E-state index is 0.194. The molecule has 18 heavy (non-hydrogen) atoms. The van der Waals surface area contributed by atoms with Gasteiger partial charge in [0.1, 0.15) is 5.75 Å². The number of halogens is 1. The number of ketones is 1. The molecule has 1 fully saturated rings. The Bertz CT molecular complexity index is 421. The second-order valence-corrected chi connectivity index (χ2v) is 6.14. The lowest BCUT2D eigenvalue weighted by atomic mass is 9.90. The molecule has 0 N–H and O–H groups in total. The zero-order valence-corrected chi connectivity index (χ0v) is 12.9. The van der Waals surface area contributed by atoms with Crippen molar-refractivity contribution in [2.24, 2.45) is 5.92 Å². The zero-order valence-electron chi connectivity index (χ0n) is 10.7. The Morgan fingerprint density at radius 1 is 1.22 bits per heavy atom. The first-order chi connectivity index (χ1) is 8.72. The molecule has 0 saturated heterocycles. The number of ether oxygens (including phenoxy) is 1. The number of rotatable bonds is 3. The maximum Gasteiger partial charge on any atom is 0.169 e. The Hall–Kier alpha value is -0.580. The minimum absolute atomic E-state index is 0.194. The van der Waals surface area contributed by atoms with E-state index in [9.17, 15) is 4.79 Å². The van der Waals surface area contributed by atoms with E-state index in [2.05, 4.69) is 22.6 Å². The number of hydrogen-bond acceptors (Lipinski definition) is 2. The highest BCUT2D eigenvalue weighted by Gasteiger charge is 2.24. The van der Waals surface area contributed by atoms with Crippen LogP contribution in [-0.2, 0) is 0 Å². The van der Waals surface area contributed by atoms with Crippen molar-refractivity contribution in [3.63, 3.8) is 0 Å². The maximum atomic E-state index is 12.6. The smallest absolute Gasteiger partial charge is 0.169 e. The Labute approximate surface area is 122 Å². The van der Waals surface area contributed by atoms with Crippen LogP contribution in [0, 0.1) is 9.49 Å². The van der Waals surface area contributed by atoms with E-state index in [1.165, 1.54) is 25.7 Å². The molecular weight excluding hydrogens is 339 g/mol. The van der Waals surface area contributed by atoms with Crippen LogP contribution in [0.2, 0.25) is 0 Å². The average Bonchev–Trinajstić information content (AvgIpc) is 2.66. The third-order valence-electron chi connectivity index (χ3n) is 3.65. The van der Waals surface area contributed by atoms with Gasteiger partial charge in [0.2, 0.25) is 0 Å². The van der Waals surface area contributed by atoms with E-state index in [-0.39, 0.29) is 11.7 Å². The molecule has 2 rings (SSSR count). The monoisotopic (exact) mass is 358 g/mol. The van der Waals surface area contributed by atoms with Gasteiger partial charge < -0.3 is 4.74 Å². The first-order valence-corrected chi connectivity index (χ1v) is 7.68. The molecular formula is C15H19IO2. The molecule has 0 aromatic heterocycles. The van der Waals surface area contributed by atoms with E-state index in [1.54, 1.807) is 7.11 Å². The summed E-state index contributed by atoms with van der Waals surface area (Å²) in [6, 6.07) is 5.82. The maximum absolute atomic E-state index is 12.6. The summed E-state index contributed by atoms with van der Waals surface area (Å²) < 4.78 is 6.41. The third kappa shape index (κ3) is 3.25. The number of benzene rings is 1. The summed E-state index contributed by atoms with van der Waals surface area (Å²) in [6.07, 6.45) is 6.98. The van der Waals surface area contributed by atoms with Crippen LogP contribution >= 0.6 is 22.6 Å². The lowest BCUT2D eigenvalue weighted by Crippen LogP contribution is -2.15. The summed E-state index contributed by atoms with van der Waals surface area (Å²) in [7, 11) is 1.63. The van der Waals surface area contributed by atoms with Gasteiger partial charge in [-0.05, 0) is 53.6 Å². The molecule has 0 heterocycles. The molecule has 1 aromatic rings. The Morgan fingerprint density at radius 2 is 1.89 bits per heavy atom. The van der Waals surface area contributed by atoms with Crippen LogP contribution in [-0.4, -0.2) is 12.9 Å². The first-order valence-electron chi connectivity index (χ1n) is 6.60. The third-order valence-corrected chi connectivity index (χ3v) is 4.32. The Balaban J connectivity index is 2.23. The van der Waals surface area contributed by atoms with Gasteiger partial charge in [-0.3, -0.25) is 4.79 Å². The molecule has 1 saturated carbocycles. The fourth-order valence-electron chi connectivity index (χ4n) is 2.63. The lowest BCUT2D eigenvalue weighted by molar-refractivity contribution is 0.0904. The molecule has 2 nitrogen and oxygen atoms in total. The van der Waals surface area contributed by atoms with Crippen LogP contribution in [0.3, 0.4) is 0 Å². The molecule has 0 bridgehead atoms. The minimum Gasteiger partial charge on any atom is -0.496 e. The van der Waals surface area contributed by atoms with Gasteiger partial charge in [0.05, 0.1) is 12.7 Å². The van der Waals surface area contributed by atoms with Gasteiger partial charge in [-0.1, -0.05) is 25.7 Å². The van der Waals surface area contributed by atoms with Gasteiger partial charge >= 0.3 is 0 Å². The number of carbonyl (C=O) groups excluding carboxylic acids is 1. The predicted octanol–water partition coefficient (Wildman–Crippen LogP) is 4.45. The molecule has 1 aliphatic rings. The van der Waals surface area contributed by atoms with Crippen molar-refractivity contribution in [1.82, 2.24) is 0 Å². The fraction of sp³-hybridized carbons (Fsp3) is 0.533. The lowest BCUT2D eigenvalue weighted by Gasteiger charge is -2.15. The molecule has 0 amide bonds. The van der Waals surface area contributed by atoms with Gasteiger partial charge in [0, 0.05) is 9.49 Å². The topological polar surface area (TPSA) is 26.3 Å².